The van der Waals surface area contributed by atoms with Crippen LogP contribution in [0.4, 0.5) is 0 Å². The normalized spacial score (nSPS) is 45.5. The summed E-state index contributed by atoms with van der Waals surface area (Å²) in [4.78, 5) is 0. The summed E-state index contributed by atoms with van der Waals surface area (Å²) in [6.07, 6.45) is 9.30. The average Bonchev–Trinajstić information content (AvgIpc) is 2.74. The van der Waals surface area contributed by atoms with Crippen LogP contribution >= 0.6 is 0 Å². The molecule has 1 N–H and O–H groups in total. The van der Waals surface area contributed by atoms with Crippen molar-refractivity contribution in [2.75, 3.05) is 13.1 Å². The van der Waals surface area contributed by atoms with E-state index in [0.717, 1.165) is 19.0 Å². The van der Waals surface area contributed by atoms with Crippen LogP contribution in [0.5, 0.6) is 0 Å². The fourth-order valence-electron chi connectivity index (χ4n) is 4.42. The van der Waals surface area contributed by atoms with Crippen molar-refractivity contribution in [3.8, 4) is 0 Å². The highest BCUT2D eigenvalue weighted by Crippen LogP contribution is 2.47. The second-order valence-electron chi connectivity index (χ2n) is 6.82. The molecule has 0 amide bonds. The van der Waals surface area contributed by atoms with Gasteiger partial charge in [0.1, 0.15) is 0 Å². The van der Waals surface area contributed by atoms with Crippen LogP contribution in [0.3, 0.4) is 0 Å². The monoisotopic (exact) mass is 237 g/mol. The van der Waals surface area contributed by atoms with E-state index in [1.807, 2.05) is 0 Å². The van der Waals surface area contributed by atoms with E-state index in [1.165, 1.54) is 44.9 Å². The molecule has 3 unspecified atom stereocenters. The molecule has 2 spiro atoms. The van der Waals surface area contributed by atoms with Gasteiger partial charge in [-0.2, -0.15) is 0 Å². The zero-order valence-corrected chi connectivity index (χ0v) is 11.4. The molecule has 0 aromatic rings. The van der Waals surface area contributed by atoms with E-state index in [1.54, 1.807) is 0 Å². The maximum Gasteiger partial charge on any atom is 0.0842 e. The van der Waals surface area contributed by atoms with Crippen LogP contribution in [0.15, 0.2) is 0 Å². The van der Waals surface area contributed by atoms with E-state index in [0.29, 0.717) is 5.92 Å². The Balaban J connectivity index is 1.81. The quantitative estimate of drug-likeness (QED) is 0.699. The van der Waals surface area contributed by atoms with Gasteiger partial charge in [0, 0.05) is 13.1 Å². The molecule has 98 valence electrons. The third kappa shape index (κ3) is 1.94. The molecule has 2 nitrogen and oxygen atoms in total. The smallest absolute Gasteiger partial charge is 0.0842 e. The van der Waals surface area contributed by atoms with Gasteiger partial charge < -0.3 is 10.1 Å². The average molecular weight is 237 g/mol. The maximum atomic E-state index is 6.78. The molecule has 3 aliphatic rings. The lowest BCUT2D eigenvalue weighted by atomic mass is 9.69. The maximum absolute atomic E-state index is 6.78. The Morgan fingerprint density at radius 2 is 1.76 bits per heavy atom. The summed E-state index contributed by atoms with van der Waals surface area (Å²) < 4.78 is 6.78. The Bertz CT molecular complexity index is 281. The summed E-state index contributed by atoms with van der Waals surface area (Å²) in [6, 6.07) is 0. The minimum Gasteiger partial charge on any atom is -0.366 e. The Morgan fingerprint density at radius 3 is 2.53 bits per heavy atom. The van der Waals surface area contributed by atoms with Gasteiger partial charge in [0.15, 0.2) is 0 Å². The summed E-state index contributed by atoms with van der Waals surface area (Å²) >= 11 is 0. The number of morpholine rings is 1. The molecule has 1 heterocycles. The fraction of sp³-hybridized carbons (Fsp3) is 1.00. The largest absolute Gasteiger partial charge is 0.366 e. The molecule has 0 bridgehead atoms. The summed E-state index contributed by atoms with van der Waals surface area (Å²) in [6.45, 7) is 7.00. The van der Waals surface area contributed by atoms with Crippen LogP contribution in [0.2, 0.25) is 0 Å². The third-order valence-electron chi connectivity index (χ3n) is 5.75. The van der Waals surface area contributed by atoms with Gasteiger partial charge in [0.25, 0.3) is 0 Å². The summed E-state index contributed by atoms with van der Waals surface area (Å²) in [7, 11) is 0. The first-order chi connectivity index (χ1) is 8.16. The molecule has 2 heteroatoms. The lowest BCUT2D eigenvalue weighted by molar-refractivity contribution is -0.216. The van der Waals surface area contributed by atoms with Gasteiger partial charge in [-0.15, -0.1) is 0 Å². The Hall–Kier alpha value is -0.0800. The predicted octanol–water partition coefficient (Wildman–Crippen LogP) is 3.11. The Labute approximate surface area is 105 Å². The number of ether oxygens (including phenoxy) is 1. The molecule has 3 fully saturated rings. The van der Waals surface area contributed by atoms with Crippen LogP contribution < -0.4 is 5.32 Å². The van der Waals surface area contributed by atoms with Gasteiger partial charge in [-0.3, -0.25) is 0 Å². The molecule has 1 saturated heterocycles. The number of nitrogens with one attached hydrogen (secondary N) is 1. The van der Waals surface area contributed by atoms with Crippen LogP contribution in [0.1, 0.15) is 58.8 Å². The van der Waals surface area contributed by atoms with E-state index < -0.39 is 0 Å². The molecule has 0 radical (unpaired) electrons. The SMILES string of the molecule is CC1CCCC2(CNCC3(CCCC3)O2)C1C. The minimum absolute atomic E-state index is 0.153. The first kappa shape index (κ1) is 12.0. The zero-order chi connectivity index (χ0) is 11.9. The van der Waals surface area contributed by atoms with Crippen LogP contribution in [0.25, 0.3) is 0 Å². The minimum atomic E-state index is 0.153. The highest BCUT2D eigenvalue weighted by Gasteiger charge is 2.51. The first-order valence-corrected chi connectivity index (χ1v) is 7.57. The molecule has 17 heavy (non-hydrogen) atoms. The van der Waals surface area contributed by atoms with Crippen molar-refractivity contribution in [1.29, 1.82) is 0 Å². The van der Waals surface area contributed by atoms with Crippen molar-refractivity contribution in [3.05, 3.63) is 0 Å². The second-order valence-corrected chi connectivity index (χ2v) is 6.82. The fourth-order valence-corrected chi connectivity index (χ4v) is 4.42. The van der Waals surface area contributed by atoms with E-state index in [-0.39, 0.29) is 11.2 Å². The van der Waals surface area contributed by atoms with E-state index in [2.05, 4.69) is 19.2 Å². The van der Waals surface area contributed by atoms with Crippen LogP contribution in [-0.2, 0) is 4.74 Å². The molecule has 0 aromatic carbocycles. The van der Waals surface area contributed by atoms with Gasteiger partial charge in [0.2, 0.25) is 0 Å². The Kier molecular flexibility index (Phi) is 2.99. The molecule has 2 aliphatic carbocycles. The van der Waals surface area contributed by atoms with Crippen molar-refractivity contribution in [1.82, 2.24) is 5.32 Å². The molecule has 3 rings (SSSR count). The highest BCUT2D eigenvalue weighted by atomic mass is 16.5. The van der Waals surface area contributed by atoms with Crippen molar-refractivity contribution >= 4 is 0 Å². The van der Waals surface area contributed by atoms with E-state index in [9.17, 15) is 0 Å². The van der Waals surface area contributed by atoms with Gasteiger partial charge in [-0.25, -0.2) is 0 Å². The zero-order valence-electron chi connectivity index (χ0n) is 11.4. The molecular weight excluding hydrogens is 210 g/mol. The topological polar surface area (TPSA) is 21.3 Å². The summed E-state index contributed by atoms with van der Waals surface area (Å²) in [5, 5.41) is 3.70. The highest BCUT2D eigenvalue weighted by molar-refractivity contribution is 5.03. The van der Waals surface area contributed by atoms with Gasteiger partial charge in [-0.05, 0) is 31.1 Å². The predicted molar refractivity (Wildman–Crippen MR) is 70.1 cm³/mol. The second kappa shape index (κ2) is 4.24. The van der Waals surface area contributed by atoms with Crippen molar-refractivity contribution in [2.45, 2.75) is 70.0 Å². The van der Waals surface area contributed by atoms with Crippen LogP contribution in [-0.4, -0.2) is 24.3 Å². The van der Waals surface area contributed by atoms with Gasteiger partial charge in [-0.1, -0.05) is 39.5 Å². The number of hydrogen-bond donors (Lipinski definition) is 1. The first-order valence-electron chi connectivity index (χ1n) is 7.57. The number of hydrogen-bond acceptors (Lipinski definition) is 2. The van der Waals surface area contributed by atoms with Gasteiger partial charge in [0.05, 0.1) is 11.2 Å². The number of rotatable bonds is 0. The molecule has 3 atom stereocenters. The van der Waals surface area contributed by atoms with Crippen molar-refractivity contribution in [2.24, 2.45) is 11.8 Å². The molecule has 2 saturated carbocycles. The third-order valence-corrected chi connectivity index (χ3v) is 5.75. The Morgan fingerprint density at radius 1 is 1.00 bits per heavy atom. The van der Waals surface area contributed by atoms with E-state index in [4.69, 9.17) is 4.74 Å². The van der Waals surface area contributed by atoms with Gasteiger partial charge >= 0.3 is 0 Å². The van der Waals surface area contributed by atoms with Crippen molar-refractivity contribution < 1.29 is 4.74 Å². The standard InChI is InChI=1S/C15H27NO/c1-12-6-5-9-15(13(12)2)11-16-10-14(17-15)7-3-4-8-14/h12-13,16H,3-11H2,1-2H3. The van der Waals surface area contributed by atoms with Crippen LogP contribution in [0, 0.1) is 11.8 Å². The van der Waals surface area contributed by atoms with E-state index >= 15 is 0 Å². The van der Waals surface area contributed by atoms with Crippen molar-refractivity contribution in [3.63, 3.8) is 0 Å². The molecular formula is C15H27NO. The molecule has 0 aromatic heterocycles. The molecule has 1 aliphatic heterocycles. The lowest BCUT2D eigenvalue weighted by Gasteiger charge is -2.54. The lowest BCUT2D eigenvalue weighted by Crippen LogP contribution is -2.63. The summed E-state index contributed by atoms with van der Waals surface area (Å²) in [5.41, 5.74) is 0.351. The summed E-state index contributed by atoms with van der Waals surface area (Å²) in [5.74, 6) is 1.53.